The van der Waals surface area contributed by atoms with Crippen LogP contribution in [0.25, 0.3) is 10.9 Å². The Bertz CT molecular complexity index is 1110. The molecule has 0 bridgehead atoms. The second-order valence-electron chi connectivity index (χ2n) is 9.48. The lowest BCUT2D eigenvalue weighted by Crippen LogP contribution is -2.28. The minimum atomic E-state index is -1.56. The molecule has 0 radical (unpaired) electrons. The minimum Gasteiger partial charge on any atom is -0.510 e. The molecule has 1 heterocycles. The largest absolute Gasteiger partial charge is 0.510 e. The zero-order chi connectivity index (χ0) is 27.6. The van der Waals surface area contributed by atoms with Gasteiger partial charge in [-0.2, -0.15) is 0 Å². The van der Waals surface area contributed by atoms with Gasteiger partial charge in [-0.1, -0.05) is 47.6 Å². The first kappa shape index (κ1) is 33.0. The summed E-state index contributed by atoms with van der Waals surface area (Å²) in [7, 11) is 1.54. The maximum absolute atomic E-state index is 15.2. The van der Waals surface area contributed by atoms with Crippen molar-refractivity contribution in [2.45, 2.75) is 92.3 Å². The smallest absolute Gasteiger partial charge is 0.273 e. The molecular weight excluding hydrogens is 483 g/mol. The second kappa shape index (κ2) is 15.4. The molecule has 1 saturated carbocycles. The Morgan fingerprint density at radius 2 is 2.00 bits per heavy atom. The first-order valence-corrected chi connectivity index (χ1v) is 13.4. The molecule has 0 saturated heterocycles. The average Bonchev–Trinajstić information content (AvgIpc) is 3.73. The van der Waals surface area contributed by atoms with E-state index in [0.29, 0.717) is 59.6 Å². The van der Waals surface area contributed by atoms with Crippen molar-refractivity contribution in [1.82, 2.24) is 10.3 Å². The Morgan fingerprint density at radius 1 is 1.32 bits per heavy atom. The number of fused-ring (bicyclic) bond motifs is 1. The summed E-state index contributed by atoms with van der Waals surface area (Å²) < 4.78 is 20.6. The van der Waals surface area contributed by atoms with Crippen LogP contribution in [0.1, 0.15) is 91.8 Å². The fourth-order valence-electron chi connectivity index (χ4n) is 3.91. The highest BCUT2D eigenvalue weighted by molar-refractivity contribution is 6.03. The first-order valence-electron chi connectivity index (χ1n) is 13.4. The number of ether oxygens (including phenoxy) is 1. The molecule has 1 fully saturated rings. The average molecular weight is 531 g/mol. The quantitative estimate of drug-likeness (QED) is 0.160. The van der Waals surface area contributed by atoms with Gasteiger partial charge in [-0.25, -0.2) is 14.4 Å². The number of carbonyl (C=O) groups is 1. The van der Waals surface area contributed by atoms with E-state index in [1.54, 1.807) is 24.3 Å². The van der Waals surface area contributed by atoms with Gasteiger partial charge in [0.05, 0.1) is 12.8 Å². The third-order valence-electron chi connectivity index (χ3n) is 6.38. The summed E-state index contributed by atoms with van der Waals surface area (Å²) >= 11 is 0. The SMILES string of the molecule is C.CC.CCCC(C)(F)c1ccc2c(C=N/C(C(=O)NCC3CC3)=C(\O)C[C@@H](N)CC)ccc(OC)c2n1. The molecule has 2 atom stereocenters. The van der Waals surface area contributed by atoms with Crippen molar-refractivity contribution in [2.24, 2.45) is 16.6 Å². The maximum atomic E-state index is 15.2. The van der Waals surface area contributed by atoms with E-state index in [-0.39, 0.29) is 31.3 Å². The van der Waals surface area contributed by atoms with Gasteiger partial charge < -0.3 is 20.9 Å². The summed E-state index contributed by atoms with van der Waals surface area (Å²) in [6, 6.07) is 6.71. The van der Waals surface area contributed by atoms with E-state index in [0.717, 1.165) is 12.8 Å². The van der Waals surface area contributed by atoms with Crippen molar-refractivity contribution in [1.29, 1.82) is 0 Å². The van der Waals surface area contributed by atoms with E-state index < -0.39 is 11.6 Å². The molecule has 2 aromatic rings. The van der Waals surface area contributed by atoms with Gasteiger partial charge in [0.15, 0.2) is 5.70 Å². The molecule has 0 spiro atoms. The Hall–Kier alpha value is -3.00. The number of halogens is 1. The number of rotatable bonds is 12. The van der Waals surface area contributed by atoms with Crippen molar-refractivity contribution in [3.8, 4) is 5.75 Å². The molecule has 3 rings (SSSR count). The third kappa shape index (κ3) is 8.79. The molecular formula is C30H47FN4O3. The number of hydrogen-bond acceptors (Lipinski definition) is 6. The number of nitrogens with zero attached hydrogens (tertiary/aromatic N) is 2. The Morgan fingerprint density at radius 3 is 2.58 bits per heavy atom. The van der Waals surface area contributed by atoms with Gasteiger partial charge in [0.1, 0.15) is 22.7 Å². The summed E-state index contributed by atoms with van der Waals surface area (Å²) in [6.45, 7) is 9.94. The monoisotopic (exact) mass is 530 g/mol. The number of carbonyl (C=O) groups excluding carboxylic acids is 1. The topological polar surface area (TPSA) is 110 Å². The third-order valence-corrected chi connectivity index (χ3v) is 6.38. The van der Waals surface area contributed by atoms with E-state index in [2.05, 4.69) is 15.3 Å². The molecule has 212 valence electrons. The fraction of sp³-hybridized carbons (Fsp3) is 0.567. The molecule has 1 aromatic carbocycles. The number of alkyl halides is 1. The molecule has 1 amide bonds. The van der Waals surface area contributed by atoms with E-state index in [1.165, 1.54) is 20.2 Å². The lowest BCUT2D eigenvalue weighted by atomic mass is 9.96. The van der Waals surface area contributed by atoms with Crippen LogP contribution in [0.4, 0.5) is 4.39 Å². The number of benzene rings is 1. The van der Waals surface area contributed by atoms with E-state index >= 15 is 4.39 Å². The number of nitrogens with two attached hydrogens (primary N) is 1. The second-order valence-corrected chi connectivity index (χ2v) is 9.48. The number of nitrogens with one attached hydrogen (secondary N) is 1. The molecule has 7 nitrogen and oxygen atoms in total. The number of aliphatic hydroxyl groups is 1. The van der Waals surface area contributed by atoms with Crippen LogP contribution in [-0.2, 0) is 10.5 Å². The Kier molecular flexibility index (Phi) is 13.4. The van der Waals surface area contributed by atoms with E-state index in [1.807, 2.05) is 27.7 Å². The molecule has 8 heteroatoms. The molecule has 1 aromatic heterocycles. The highest BCUT2D eigenvalue weighted by atomic mass is 19.1. The van der Waals surface area contributed by atoms with Crippen LogP contribution >= 0.6 is 0 Å². The number of hydrogen-bond donors (Lipinski definition) is 3. The first-order chi connectivity index (χ1) is 17.7. The van der Waals surface area contributed by atoms with Gasteiger partial charge >= 0.3 is 0 Å². The van der Waals surface area contributed by atoms with Gasteiger partial charge in [-0.3, -0.25) is 4.79 Å². The Balaban J connectivity index is 0.00000235. The highest BCUT2D eigenvalue weighted by Gasteiger charge is 2.27. The molecule has 1 unspecified atom stereocenters. The summed E-state index contributed by atoms with van der Waals surface area (Å²) in [4.78, 5) is 21.8. The normalized spacial score (nSPS) is 16.0. The molecule has 1 aliphatic rings. The van der Waals surface area contributed by atoms with Gasteiger partial charge in [0.25, 0.3) is 5.91 Å². The predicted octanol–water partition coefficient (Wildman–Crippen LogP) is 6.73. The molecule has 1 aliphatic carbocycles. The molecule has 38 heavy (non-hydrogen) atoms. The zero-order valence-corrected chi connectivity index (χ0v) is 23.1. The van der Waals surface area contributed by atoms with Crippen LogP contribution in [0.3, 0.4) is 0 Å². The van der Waals surface area contributed by atoms with Crippen LogP contribution in [0, 0.1) is 5.92 Å². The van der Waals surface area contributed by atoms with Crippen LogP contribution in [-0.4, -0.2) is 41.9 Å². The molecule has 0 aliphatic heterocycles. The summed E-state index contributed by atoms with van der Waals surface area (Å²) in [5.74, 6) is 0.430. The highest BCUT2D eigenvalue weighted by Crippen LogP contribution is 2.33. The van der Waals surface area contributed by atoms with E-state index in [4.69, 9.17) is 10.5 Å². The Labute approximate surface area is 227 Å². The number of pyridine rings is 1. The van der Waals surface area contributed by atoms with E-state index in [9.17, 15) is 9.90 Å². The van der Waals surface area contributed by atoms with Gasteiger partial charge in [0, 0.05) is 36.2 Å². The standard InChI is InChI=1S/C27H37FN4O3.C2H6.CH4/c1-5-13-27(3,28)23-12-10-20-18(9-11-22(35-4)24(20)32-23)16-30-25(21(33)14-19(29)6-2)26(34)31-15-17-7-8-17;1-2;/h9-12,16-17,19,33H,5-8,13-15,29H2,1-4H3,(H,31,34);1-2H3;1H4/b25-21-,30-16?;;/t19-,27?;;/m0../s1. The van der Waals surface area contributed by atoms with Crippen LogP contribution in [0.5, 0.6) is 5.75 Å². The predicted molar refractivity (Wildman–Crippen MR) is 156 cm³/mol. The van der Waals surface area contributed by atoms with Crippen molar-refractivity contribution in [2.75, 3.05) is 13.7 Å². The fourth-order valence-corrected chi connectivity index (χ4v) is 3.91. The number of aliphatic imine (C=N–C) groups is 1. The maximum Gasteiger partial charge on any atom is 0.273 e. The van der Waals surface area contributed by atoms with Crippen LogP contribution < -0.4 is 15.8 Å². The summed E-state index contributed by atoms with van der Waals surface area (Å²) in [6.07, 6.45) is 5.58. The van der Waals surface area contributed by atoms with Crippen molar-refractivity contribution < 1.29 is 19.0 Å². The van der Waals surface area contributed by atoms with Crippen LogP contribution in [0.15, 0.2) is 40.7 Å². The lowest BCUT2D eigenvalue weighted by molar-refractivity contribution is -0.117. The zero-order valence-electron chi connectivity index (χ0n) is 23.1. The molecule has 4 N–H and O–H groups in total. The minimum absolute atomic E-state index is 0. The van der Waals surface area contributed by atoms with Gasteiger partial charge in [0.2, 0.25) is 0 Å². The lowest BCUT2D eigenvalue weighted by Gasteiger charge is -2.20. The van der Waals surface area contributed by atoms with Gasteiger partial charge in [-0.05, 0) is 56.7 Å². The van der Waals surface area contributed by atoms with Crippen molar-refractivity contribution in [3.63, 3.8) is 0 Å². The number of aliphatic hydroxyl groups excluding tert-OH is 1. The van der Waals surface area contributed by atoms with Gasteiger partial charge in [-0.15, -0.1) is 0 Å². The number of amides is 1. The summed E-state index contributed by atoms with van der Waals surface area (Å²) in [5, 5.41) is 14.2. The van der Waals surface area contributed by atoms with Crippen LogP contribution in [0.2, 0.25) is 0 Å². The van der Waals surface area contributed by atoms with Crippen molar-refractivity contribution >= 4 is 23.0 Å². The number of methoxy groups -OCH3 is 1. The summed E-state index contributed by atoms with van der Waals surface area (Å²) in [5.41, 5.74) is 5.90. The number of aromatic nitrogens is 1. The van der Waals surface area contributed by atoms with Crippen molar-refractivity contribution in [3.05, 3.63) is 47.0 Å².